The summed E-state index contributed by atoms with van der Waals surface area (Å²) < 4.78 is 0. The van der Waals surface area contributed by atoms with E-state index in [9.17, 15) is 9.59 Å². The van der Waals surface area contributed by atoms with Crippen molar-refractivity contribution in [3.63, 3.8) is 0 Å². The number of benzene rings is 1. The standard InChI is InChI=1S/C13H15N3O2/c1-10-3-2-4-11(9-10)16(8-6-12(15)17)13(18)5-7-14/h2-4,9H,5-6,8H2,1H3,(H2,15,17). The molecule has 0 saturated carbocycles. The van der Waals surface area contributed by atoms with Gasteiger partial charge in [-0.2, -0.15) is 5.26 Å². The van der Waals surface area contributed by atoms with E-state index in [0.29, 0.717) is 5.69 Å². The van der Waals surface area contributed by atoms with E-state index in [-0.39, 0.29) is 25.3 Å². The first-order chi connectivity index (χ1) is 8.54. The van der Waals surface area contributed by atoms with Gasteiger partial charge < -0.3 is 10.6 Å². The van der Waals surface area contributed by atoms with Gasteiger partial charge in [0.15, 0.2) is 0 Å². The lowest BCUT2D eigenvalue weighted by molar-refractivity contribution is -0.118. The quantitative estimate of drug-likeness (QED) is 0.843. The second-order valence-electron chi connectivity index (χ2n) is 3.94. The molecule has 0 aliphatic carbocycles. The summed E-state index contributed by atoms with van der Waals surface area (Å²) >= 11 is 0. The summed E-state index contributed by atoms with van der Waals surface area (Å²) in [6.45, 7) is 2.10. The fourth-order valence-corrected chi connectivity index (χ4v) is 1.58. The molecule has 0 aliphatic heterocycles. The minimum absolute atomic E-state index is 0.0745. The molecular formula is C13H15N3O2. The minimum Gasteiger partial charge on any atom is -0.370 e. The van der Waals surface area contributed by atoms with Gasteiger partial charge in [-0.05, 0) is 24.6 Å². The maximum Gasteiger partial charge on any atom is 0.241 e. The smallest absolute Gasteiger partial charge is 0.241 e. The van der Waals surface area contributed by atoms with Crippen LogP contribution in [-0.2, 0) is 9.59 Å². The van der Waals surface area contributed by atoms with Gasteiger partial charge in [-0.15, -0.1) is 0 Å². The normalized spacial score (nSPS) is 9.56. The fraction of sp³-hybridized carbons (Fsp3) is 0.308. The van der Waals surface area contributed by atoms with Crippen LogP contribution < -0.4 is 10.6 Å². The van der Waals surface area contributed by atoms with Crippen molar-refractivity contribution in [1.82, 2.24) is 0 Å². The SMILES string of the molecule is Cc1cccc(N(CCC(N)=O)C(=O)CC#N)c1. The molecule has 1 rings (SSSR count). The molecular weight excluding hydrogens is 230 g/mol. The van der Waals surface area contributed by atoms with Crippen LogP contribution in [0.25, 0.3) is 0 Å². The number of rotatable bonds is 5. The largest absolute Gasteiger partial charge is 0.370 e. The van der Waals surface area contributed by atoms with E-state index in [1.165, 1.54) is 4.90 Å². The van der Waals surface area contributed by atoms with Crippen LogP contribution in [0.2, 0.25) is 0 Å². The Bertz CT molecular complexity index is 491. The van der Waals surface area contributed by atoms with Crippen molar-refractivity contribution < 1.29 is 9.59 Å². The molecule has 18 heavy (non-hydrogen) atoms. The van der Waals surface area contributed by atoms with Gasteiger partial charge in [0.1, 0.15) is 6.42 Å². The second kappa shape index (κ2) is 6.40. The zero-order chi connectivity index (χ0) is 13.5. The predicted octanol–water partition coefficient (Wildman–Crippen LogP) is 1.12. The molecule has 0 atom stereocenters. The number of hydrogen-bond donors (Lipinski definition) is 1. The van der Waals surface area contributed by atoms with Crippen LogP contribution in [0.4, 0.5) is 5.69 Å². The van der Waals surface area contributed by atoms with Gasteiger partial charge in [-0.25, -0.2) is 0 Å². The van der Waals surface area contributed by atoms with E-state index in [1.807, 2.05) is 31.2 Å². The van der Waals surface area contributed by atoms with E-state index in [0.717, 1.165) is 5.56 Å². The van der Waals surface area contributed by atoms with Crippen molar-refractivity contribution in [2.45, 2.75) is 19.8 Å². The summed E-state index contributed by atoms with van der Waals surface area (Å²) in [5, 5.41) is 8.58. The molecule has 0 saturated heterocycles. The number of amides is 2. The number of aryl methyl sites for hydroxylation is 1. The Balaban J connectivity index is 2.93. The third-order valence-corrected chi connectivity index (χ3v) is 2.43. The molecule has 0 unspecified atom stereocenters. The van der Waals surface area contributed by atoms with Crippen molar-refractivity contribution in [3.8, 4) is 6.07 Å². The first-order valence-corrected chi connectivity index (χ1v) is 5.57. The molecule has 1 aromatic carbocycles. The van der Waals surface area contributed by atoms with Crippen LogP contribution >= 0.6 is 0 Å². The summed E-state index contributed by atoms with van der Waals surface area (Å²) in [7, 11) is 0. The molecule has 0 fully saturated rings. The third-order valence-electron chi connectivity index (χ3n) is 2.43. The Kier molecular flexibility index (Phi) is 4.88. The van der Waals surface area contributed by atoms with Crippen LogP contribution in [0.3, 0.4) is 0 Å². The van der Waals surface area contributed by atoms with E-state index in [2.05, 4.69) is 0 Å². The number of anilines is 1. The summed E-state index contributed by atoms with van der Waals surface area (Å²) in [5.41, 5.74) is 6.76. The average molecular weight is 245 g/mol. The van der Waals surface area contributed by atoms with Gasteiger partial charge in [0.05, 0.1) is 6.07 Å². The van der Waals surface area contributed by atoms with Gasteiger partial charge in [0.25, 0.3) is 0 Å². The molecule has 0 aliphatic rings. The van der Waals surface area contributed by atoms with Crippen LogP contribution in [-0.4, -0.2) is 18.4 Å². The zero-order valence-corrected chi connectivity index (χ0v) is 10.2. The number of nitriles is 1. The molecule has 2 N–H and O–H groups in total. The van der Waals surface area contributed by atoms with Crippen LogP contribution in [0.5, 0.6) is 0 Å². The van der Waals surface area contributed by atoms with E-state index in [4.69, 9.17) is 11.0 Å². The van der Waals surface area contributed by atoms with Crippen molar-refractivity contribution in [2.24, 2.45) is 5.73 Å². The first-order valence-electron chi connectivity index (χ1n) is 5.57. The highest BCUT2D eigenvalue weighted by atomic mass is 16.2. The Labute approximate surface area is 106 Å². The van der Waals surface area contributed by atoms with Gasteiger partial charge in [0, 0.05) is 18.7 Å². The van der Waals surface area contributed by atoms with Crippen LogP contribution in [0, 0.1) is 18.3 Å². The van der Waals surface area contributed by atoms with Crippen molar-refractivity contribution in [1.29, 1.82) is 5.26 Å². The highest BCUT2D eigenvalue weighted by Gasteiger charge is 2.16. The number of carbonyl (C=O) groups excluding carboxylic acids is 2. The molecule has 0 radical (unpaired) electrons. The number of carbonyl (C=O) groups is 2. The number of nitrogens with two attached hydrogens (primary N) is 1. The lowest BCUT2D eigenvalue weighted by atomic mass is 10.2. The van der Waals surface area contributed by atoms with E-state index in [1.54, 1.807) is 6.07 Å². The maximum atomic E-state index is 11.8. The third kappa shape index (κ3) is 3.91. The van der Waals surface area contributed by atoms with Gasteiger partial charge >= 0.3 is 0 Å². The molecule has 0 heterocycles. The van der Waals surface area contributed by atoms with Crippen molar-refractivity contribution >= 4 is 17.5 Å². The highest BCUT2D eigenvalue weighted by Crippen LogP contribution is 2.17. The second-order valence-corrected chi connectivity index (χ2v) is 3.94. The average Bonchev–Trinajstić information content (AvgIpc) is 2.29. The minimum atomic E-state index is -0.475. The van der Waals surface area contributed by atoms with E-state index >= 15 is 0 Å². The van der Waals surface area contributed by atoms with Gasteiger partial charge in [-0.3, -0.25) is 9.59 Å². The lowest BCUT2D eigenvalue weighted by Crippen LogP contribution is -2.33. The molecule has 0 bridgehead atoms. The predicted molar refractivity (Wildman–Crippen MR) is 67.6 cm³/mol. The van der Waals surface area contributed by atoms with Crippen LogP contribution in [0.15, 0.2) is 24.3 Å². The fourth-order valence-electron chi connectivity index (χ4n) is 1.58. The summed E-state index contributed by atoms with van der Waals surface area (Å²) in [5.74, 6) is -0.804. The Morgan fingerprint density at radius 2 is 2.17 bits per heavy atom. The van der Waals surface area contributed by atoms with E-state index < -0.39 is 5.91 Å². The van der Waals surface area contributed by atoms with Gasteiger partial charge in [-0.1, -0.05) is 12.1 Å². The van der Waals surface area contributed by atoms with Crippen LogP contribution in [0.1, 0.15) is 18.4 Å². The Morgan fingerprint density at radius 3 is 2.72 bits per heavy atom. The summed E-state index contributed by atoms with van der Waals surface area (Å²) in [4.78, 5) is 24.0. The lowest BCUT2D eigenvalue weighted by Gasteiger charge is -2.21. The number of hydrogen-bond acceptors (Lipinski definition) is 3. The molecule has 1 aromatic rings. The molecule has 94 valence electrons. The summed E-state index contributed by atoms with van der Waals surface area (Å²) in [6, 6.07) is 9.14. The summed E-state index contributed by atoms with van der Waals surface area (Å²) in [6.07, 6.45) is -0.141. The first kappa shape index (κ1) is 13.7. The molecule has 5 nitrogen and oxygen atoms in total. The number of primary amides is 1. The topological polar surface area (TPSA) is 87.2 Å². The Morgan fingerprint density at radius 1 is 1.44 bits per heavy atom. The monoisotopic (exact) mass is 245 g/mol. The molecule has 0 aromatic heterocycles. The van der Waals surface area contributed by atoms with Gasteiger partial charge in [0.2, 0.25) is 11.8 Å². The Hall–Kier alpha value is -2.35. The zero-order valence-electron chi connectivity index (χ0n) is 10.2. The molecule has 2 amide bonds. The highest BCUT2D eigenvalue weighted by molar-refractivity contribution is 5.95. The van der Waals surface area contributed by atoms with Crippen molar-refractivity contribution in [2.75, 3.05) is 11.4 Å². The molecule has 0 spiro atoms. The molecule has 5 heteroatoms. The maximum absolute atomic E-state index is 11.8. The number of nitrogens with zero attached hydrogens (tertiary/aromatic N) is 2. The van der Waals surface area contributed by atoms with Crippen molar-refractivity contribution in [3.05, 3.63) is 29.8 Å².